The molecule has 2 aliphatic heterocycles. The predicted octanol–water partition coefficient (Wildman–Crippen LogP) is 2.33. The number of amides is 1. The van der Waals surface area contributed by atoms with E-state index in [1.165, 1.54) is 22.2 Å². The van der Waals surface area contributed by atoms with Crippen molar-refractivity contribution in [2.75, 3.05) is 42.5 Å². The number of piperazine rings is 1. The van der Waals surface area contributed by atoms with Gasteiger partial charge in [0.15, 0.2) is 0 Å². The highest BCUT2D eigenvalue weighted by Gasteiger charge is 2.32. The molecule has 0 saturated carbocycles. The Morgan fingerprint density at radius 1 is 0.967 bits per heavy atom. The first-order chi connectivity index (χ1) is 14.3. The van der Waals surface area contributed by atoms with Crippen molar-refractivity contribution in [2.45, 2.75) is 18.2 Å². The number of carbonyl (C=O) groups excluding carboxylic acids is 2. The van der Waals surface area contributed by atoms with E-state index in [2.05, 4.69) is 4.90 Å². The third-order valence-electron chi connectivity index (χ3n) is 5.54. The van der Waals surface area contributed by atoms with Gasteiger partial charge in [-0.3, -0.25) is 9.59 Å². The molecule has 0 aliphatic carbocycles. The fraction of sp³-hybridized carbons (Fsp3) is 0.333. The summed E-state index contributed by atoms with van der Waals surface area (Å²) in [5.74, 6) is -1.10. The molecule has 1 fully saturated rings. The zero-order chi connectivity index (χ0) is 21.5. The van der Waals surface area contributed by atoms with Crippen LogP contribution in [0.15, 0.2) is 47.4 Å². The Bertz CT molecular complexity index is 1110. The zero-order valence-corrected chi connectivity index (χ0v) is 18.1. The number of nitrogens with zero attached hydrogens (tertiary/aromatic N) is 3. The number of carbonyl (C=O) groups is 2. The first-order valence-corrected chi connectivity index (χ1v) is 11.6. The SMILES string of the molecule is CC(=O)C(=O)N1CCc2cc(S(=O)(=O)N3CCN(c4cccc(Cl)c4)CC3)ccc21. The fourth-order valence-electron chi connectivity index (χ4n) is 3.95. The molecule has 2 aromatic rings. The lowest BCUT2D eigenvalue weighted by Gasteiger charge is -2.35. The highest BCUT2D eigenvalue weighted by atomic mass is 35.5. The van der Waals surface area contributed by atoms with Crippen LogP contribution < -0.4 is 9.80 Å². The molecular formula is C21H22ClN3O4S. The molecule has 2 aromatic carbocycles. The quantitative estimate of drug-likeness (QED) is 0.672. The minimum Gasteiger partial charge on any atom is -0.369 e. The van der Waals surface area contributed by atoms with Gasteiger partial charge in [-0.05, 0) is 48.4 Å². The van der Waals surface area contributed by atoms with Crippen molar-refractivity contribution in [3.8, 4) is 0 Å². The summed E-state index contributed by atoms with van der Waals surface area (Å²) in [4.78, 5) is 27.2. The lowest BCUT2D eigenvalue weighted by Crippen LogP contribution is -2.48. The highest BCUT2D eigenvalue weighted by molar-refractivity contribution is 7.89. The van der Waals surface area contributed by atoms with Gasteiger partial charge in [-0.2, -0.15) is 4.31 Å². The molecule has 0 aromatic heterocycles. The normalized spacial score (nSPS) is 17.1. The Morgan fingerprint density at radius 2 is 1.70 bits per heavy atom. The van der Waals surface area contributed by atoms with Gasteiger partial charge in [-0.25, -0.2) is 8.42 Å². The highest BCUT2D eigenvalue weighted by Crippen LogP contribution is 2.32. The van der Waals surface area contributed by atoms with Crippen LogP contribution in [-0.2, 0) is 26.0 Å². The summed E-state index contributed by atoms with van der Waals surface area (Å²) in [6.45, 7) is 3.52. The van der Waals surface area contributed by atoms with E-state index in [1.807, 2.05) is 24.3 Å². The van der Waals surface area contributed by atoms with Crippen LogP contribution >= 0.6 is 11.6 Å². The van der Waals surface area contributed by atoms with Crippen molar-refractivity contribution in [1.82, 2.24) is 4.31 Å². The summed E-state index contributed by atoms with van der Waals surface area (Å²) in [5, 5.41) is 0.651. The third-order valence-corrected chi connectivity index (χ3v) is 7.67. The van der Waals surface area contributed by atoms with E-state index in [9.17, 15) is 18.0 Å². The van der Waals surface area contributed by atoms with Crippen LogP contribution in [0, 0.1) is 0 Å². The van der Waals surface area contributed by atoms with Gasteiger partial charge in [-0.1, -0.05) is 17.7 Å². The van der Waals surface area contributed by atoms with Crippen molar-refractivity contribution in [2.24, 2.45) is 0 Å². The van der Waals surface area contributed by atoms with E-state index in [4.69, 9.17) is 11.6 Å². The number of benzene rings is 2. The first kappa shape index (κ1) is 20.8. The number of sulfonamides is 1. The molecular weight excluding hydrogens is 426 g/mol. The van der Waals surface area contributed by atoms with Gasteiger partial charge in [0.25, 0.3) is 5.91 Å². The summed E-state index contributed by atoms with van der Waals surface area (Å²) in [6, 6.07) is 12.3. The topological polar surface area (TPSA) is 78.0 Å². The summed E-state index contributed by atoms with van der Waals surface area (Å²) in [5.41, 5.74) is 2.36. The predicted molar refractivity (Wildman–Crippen MR) is 116 cm³/mol. The van der Waals surface area contributed by atoms with Gasteiger partial charge < -0.3 is 9.80 Å². The van der Waals surface area contributed by atoms with Crippen molar-refractivity contribution in [3.05, 3.63) is 53.1 Å². The summed E-state index contributed by atoms with van der Waals surface area (Å²) in [6.07, 6.45) is 0.528. The number of anilines is 2. The van der Waals surface area contributed by atoms with E-state index in [-0.39, 0.29) is 4.90 Å². The maximum Gasteiger partial charge on any atom is 0.294 e. The fourth-order valence-corrected chi connectivity index (χ4v) is 5.61. The molecule has 0 radical (unpaired) electrons. The molecule has 1 amide bonds. The smallest absolute Gasteiger partial charge is 0.294 e. The van der Waals surface area contributed by atoms with Crippen LogP contribution in [0.4, 0.5) is 11.4 Å². The molecule has 4 rings (SSSR count). The number of hydrogen-bond donors (Lipinski definition) is 0. The monoisotopic (exact) mass is 447 g/mol. The van der Waals surface area contributed by atoms with Gasteiger partial charge in [0.1, 0.15) is 0 Å². The zero-order valence-electron chi connectivity index (χ0n) is 16.5. The van der Waals surface area contributed by atoms with Crippen molar-refractivity contribution >= 4 is 44.7 Å². The Balaban J connectivity index is 1.50. The van der Waals surface area contributed by atoms with Crippen LogP contribution in [-0.4, -0.2) is 57.1 Å². The maximum atomic E-state index is 13.2. The first-order valence-electron chi connectivity index (χ1n) is 9.73. The largest absolute Gasteiger partial charge is 0.369 e. The van der Waals surface area contributed by atoms with Crippen LogP contribution in [0.25, 0.3) is 0 Å². The van der Waals surface area contributed by atoms with Crippen molar-refractivity contribution < 1.29 is 18.0 Å². The lowest BCUT2D eigenvalue weighted by atomic mass is 10.2. The molecule has 2 aliphatic rings. The van der Waals surface area contributed by atoms with Gasteiger partial charge in [0.2, 0.25) is 15.8 Å². The molecule has 0 N–H and O–H groups in total. The van der Waals surface area contributed by atoms with E-state index in [1.54, 1.807) is 12.1 Å². The number of Topliss-reactive ketones (excluding diaryl/α,β-unsaturated/α-hetero) is 1. The number of halogens is 1. The van der Waals surface area contributed by atoms with Crippen LogP contribution in [0.1, 0.15) is 12.5 Å². The van der Waals surface area contributed by atoms with Crippen molar-refractivity contribution in [3.63, 3.8) is 0 Å². The lowest BCUT2D eigenvalue weighted by molar-refractivity contribution is -0.134. The average molecular weight is 448 g/mol. The molecule has 30 heavy (non-hydrogen) atoms. The third kappa shape index (κ3) is 3.82. The molecule has 1 saturated heterocycles. The minimum absolute atomic E-state index is 0.217. The number of hydrogen-bond acceptors (Lipinski definition) is 5. The molecule has 7 nitrogen and oxygen atoms in total. The van der Waals surface area contributed by atoms with Crippen LogP contribution in [0.5, 0.6) is 0 Å². The van der Waals surface area contributed by atoms with E-state index in [0.29, 0.717) is 49.9 Å². The minimum atomic E-state index is -3.64. The Kier molecular flexibility index (Phi) is 5.57. The van der Waals surface area contributed by atoms with Gasteiger partial charge in [-0.15, -0.1) is 0 Å². The van der Waals surface area contributed by atoms with E-state index >= 15 is 0 Å². The Hall–Kier alpha value is -2.42. The second kappa shape index (κ2) is 8.02. The average Bonchev–Trinajstić information content (AvgIpc) is 3.16. The van der Waals surface area contributed by atoms with E-state index in [0.717, 1.165) is 11.3 Å². The summed E-state index contributed by atoms with van der Waals surface area (Å²) < 4.78 is 27.8. The van der Waals surface area contributed by atoms with E-state index < -0.39 is 21.7 Å². The standard InChI is InChI=1S/C21H22ClN3O4S/c1-15(26)21(27)25-8-7-16-13-19(5-6-20(16)25)30(28,29)24-11-9-23(10-12-24)18-4-2-3-17(22)14-18/h2-6,13-14H,7-12H2,1H3. The molecule has 2 heterocycles. The molecule has 0 atom stereocenters. The molecule has 9 heteroatoms. The summed E-state index contributed by atoms with van der Waals surface area (Å²) in [7, 11) is -3.64. The molecule has 0 bridgehead atoms. The molecule has 158 valence electrons. The summed E-state index contributed by atoms with van der Waals surface area (Å²) >= 11 is 6.06. The Morgan fingerprint density at radius 3 is 2.37 bits per heavy atom. The van der Waals surface area contributed by atoms with Crippen LogP contribution in [0.3, 0.4) is 0 Å². The van der Waals surface area contributed by atoms with Crippen LogP contribution in [0.2, 0.25) is 5.02 Å². The van der Waals surface area contributed by atoms with Gasteiger partial charge >= 0.3 is 0 Å². The molecule has 0 unspecified atom stereocenters. The number of ketones is 1. The second-order valence-corrected chi connectivity index (χ2v) is 9.80. The van der Waals surface area contributed by atoms with Gasteiger partial charge in [0, 0.05) is 56.0 Å². The number of fused-ring (bicyclic) bond motifs is 1. The van der Waals surface area contributed by atoms with Gasteiger partial charge in [0.05, 0.1) is 4.90 Å². The second-order valence-electron chi connectivity index (χ2n) is 7.42. The Labute approximate surface area is 180 Å². The maximum absolute atomic E-state index is 13.2. The van der Waals surface area contributed by atoms with Crippen molar-refractivity contribution in [1.29, 1.82) is 0 Å². The molecule has 0 spiro atoms. The number of rotatable bonds is 4.